The number of pyridine rings is 1. The minimum atomic E-state index is -5.07. The van der Waals surface area contributed by atoms with Crippen molar-refractivity contribution in [2.45, 2.75) is 70.2 Å². The molecule has 4 aromatic rings. The van der Waals surface area contributed by atoms with Gasteiger partial charge in [0, 0.05) is 45.9 Å². The zero-order valence-electron chi connectivity index (χ0n) is 26.4. The summed E-state index contributed by atoms with van der Waals surface area (Å²) in [6.07, 6.45) is -6.90. The number of nitrogens with zero attached hydrogens (tertiary/aromatic N) is 5. The zero-order valence-corrected chi connectivity index (χ0v) is 27.4. The van der Waals surface area contributed by atoms with Gasteiger partial charge in [0.2, 0.25) is 0 Å². The van der Waals surface area contributed by atoms with E-state index in [9.17, 15) is 45.4 Å². The van der Waals surface area contributed by atoms with Gasteiger partial charge in [-0.2, -0.15) is 31.4 Å². The molecular weight excluding hydrogens is 688 g/mol. The molecule has 0 bridgehead atoms. The fourth-order valence-electron chi connectivity index (χ4n) is 4.76. The second kappa shape index (κ2) is 14.7. The molecule has 0 aliphatic heterocycles. The monoisotopic (exact) mass is 720 g/mol. The third-order valence-electron chi connectivity index (χ3n) is 7.43. The van der Waals surface area contributed by atoms with Crippen LogP contribution in [-0.4, -0.2) is 56.8 Å². The lowest BCUT2D eigenvalue weighted by atomic mass is 10.1. The molecule has 0 amide bonds. The lowest BCUT2D eigenvalue weighted by Crippen LogP contribution is -2.35. The lowest BCUT2D eigenvalue weighted by molar-refractivity contribution is -0.139. The molecule has 2 N–H and O–H groups in total. The number of aromatic nitrogens is 5. The van der Waals surface area contributed by atoms with Crippen LogP contribution in [0.3, 0.4) is 0 Å². The molecule has 0 aliphatic carbocycles. The van der Waals surface area contributed by atoms with Crippen LogP contribution in [0.4, 0.5) is 40.8 Å². The normalized spacial score (nSPS) is 13.2. The predicted molar refractivity (Wildman–Crippen MR) is 165 cm³/mol. The molecule has 3 aromatic heterocycles. The van der Waals surface area contributed by atoms with Crippen molar-refractivity contribution in [1.82, 2.24) is 24.3 Å². The summed E-state index contributed by atoms with van der Waals surface area (Å²) in [6, 6.07) is 1.99. The van der Waals surface area contributed by atoms with E-state index in [1.54, 1.807) is 0 Å². The minimum Gasteiger partial charge on any atom is -0.394 e. The van der Waals surface area contributed by atoms with Crippen LogP contribution >= 0.6 is 0 Å². The molecule has 1 unspecified atom stereocenters. The molecule has 266 valence electrons. The fraction of sp³-hybridized carbons (Fsp3) is 0.433. The first kappa shape index (κ1) is 37.6. The van der Waals surface area contributed by atoms with Crippen molar-refractivity contribution in [1.29, 1.82) is 0 Å². The van der Waals surface area contributed by atoms with Gasteiger partial charge in [0.1, 0.15) is 12.3 Å². The third-order valence-corrected chi connectivity index (χ3v) is 9.14. The van der Waals surface area contributed by atoms with Crippen LogP contribution in [0.1, 0.15) is 24.0 Å². The van der Waals surface area contributed by atoms with Crippen LogP contribution in [0.15, 0.2) is 46.5 Å². The molecule has 1 aromatic carbocycles. The van der Waals surface area contributed by atoms with Crippen LogP contribution < -0.4 is 16.4 Å². The lowest BCUT2D eigenvalue weighted by Gasteiger charge is -2.21. The molecule has 19 heteroatoms. The number of fused-ring (bicyclic) bond motifs is 1. The van der Waals surface area contributed by atoms with Crippen molar-refractivity contribution in [3.8, 4) is 11.4 Å². The van der Waals surface area contributed by atoms with Crippen LogP contribution in [0, 0.1) is 11.6 Å². The number of aliphatic hydroxyl groups is 1. The standard InChI is InChI=1S/C30H32F8N6O4Si/c1-49(2,3)10-9-48-16-44-28(47)23(30(36,37)38)21(14-41-44)42-19(15-45)5-4-7-43-8-6-17-11-20(24(31)25(32)22(17)27(43)46)26-39-12-18(13-40-26)29(33,34)35/h6,8,11-14,19,42,45H,4-5,7,9-10,15-16H2,1-3H3. The van der Waals surface area contributed by atoms with Gasteiger partial charge < -0.3 is 19.7 Å². The molecular formula is C30H32F8N6O4Si. The second-order valence-electron chi connectivity index (χ2n) is 12.4. The van der Waals surface area contributed by atoms with Gasteiger partial charge in [-0.15, -0.1) is 0 Å². The van der Waals surface area contributed by atoms with Gasteiger partial charge in [-0.1, -0.05) is 19.6 Å². The van der Waals surface area contributed by atoms with Crippen LogP contribution in [-0.2, 0) is 30.4 Å². The third kappa shape index (κ3) is 9.07. The molecule has 0 saturated heterocycles. The highest BCUT2D eigenvalue weighted by Crippen LogP contribution is 2.33. The van der Waals surface area contributed by atoms with E-state index in [0.29, 0.717) is 17.1 Å². The van der Waals surface area contributed by atoms with Gasteiger partial charge in [0.25, 0.3) is 11.1 Å². The van der Waals surface area contributed by atoms with Crippen molar-refractivity contribution in [3.63, 3.8) is 0 Å². The van der Waals surface area contributed by atoms with E-state index in [1.165, 1.54) is 12.3 Å². The highest BCUT2D eigenvalue weighted by molar-refractivity contribution is 6.76. The zero-order chi connectivity index (χ0) is 36.3. The Morgan fingerprint density at radius 1 is 0.980 bits per heavy atom. The highest BCUT2D eigenvalue weighted by Gasteiger charge is 2.39. The first-order chi connectivity index (χ1) is 22.8. The molecule has 4 rings (SSSR count). The number of rotatable bonds is 13. The van der Waals surface area contributed by atoms with Crippen LogP contribution in [0.5, 0.6) is 0 Å². The topological polar surface area (TPSA) is 124 Å². The number of ether oxygens (including phenoxy) is 1. The van der Waals surface area contributed by atoms with Crippen molar-refractivity contribution in [2.75, 3.05) is 18.5 Å². The van der Waals surface area contributed by atoms with Crippen LogP contribution in [0.25, 0.3) is 22.2 Å². The van der Waals surface area contributed by atoms with Gasteiger partial charge >= 0.3 is 12.4 Å². The summed E-state index contributed by atoms with van der Waals surface area (Å²) < 4.78 is 117. The average molecular weight is 721 g/mol. The maximum Gasteiger partial charge on any atom is 0.423 e. The Balaban J connectivity index is 1.48. The number of aryl methyl sites for hydroxylation is 1. The molecule has 0 spiro atoms. The smallest absolute Gasteiger partial charge is 0.394 e. The molecule has 3 heterocycles. The van der Waals surface area contributed by atoms with Crippen molar-refractivity contribution < 1.29 is 45.0 Å². The van der Waals surface area contributed by atoms with Crippen molar-refractivity contribution in [3.05, 3.63) is 80.4 Å². The molecule has 0 radical (unpaired) electrons. The predicted octanol–water partition coefficient (Wildman–Crippen LogP) is 5.90. The Bertz CT molecular complexity index is 1910. The summed E-state index contributed by atoms with van der Waals surface area (Å²) >= 11 is 0. The van der Waals surface area contributed by atoms with E-state index in [-0.39, 0.29) is 31.4 Å². The van der Waals surface area contributed by atoms with E-state index < -0.39 is 96.1 Å². The number of alkyl halides is 6. The number of hydrogen-bond acceptors (Lipinski definition) is 8. The number of nitrogens with one attached hydrogen (secondary N) is 1. The number of anilines is 1. The number of hydrogen-bond donors (Lipinski definition) is 2. The summed E-state index contributed by atoms with van der Waals surface area (Å²) in [7, 11) is -1.48. The summed E-state index contributed by atoms with van der Waals surface area (Å²) in [4.78, 5) is 32.7. The molecule has 10 nitrogen and oxygen atoms in total. The van der Waals surface area contributed by atoms with Crippen LogP contribution in [0.2, 0.25) is 25.7 Å². The van der Waals surface area contributed by atoms with Gasteiger partial charge in [0.15, 0.2) is 17.5 Å². The largest absolute Gasteiger partial charge is 0.423 e. The molecule has 0 aliphatic rings. The highest BCUT2D eigenvalue weighted by atomic mass is 28.3. The van der Waals surface area contributed by atoms with Gasteiger partial charge in [-0.05, 0) is 36.4 Å². The maximum absolute atomic E-state index is 15.1. The number of aliphatic hydroxyl groups excluding tert-OH is 1. The maximum atomic E-state index is 15.1. The van der Waals surface area contributed by atoms with Crippen molar-refractivity contribution in [2.24, 2.45) is 0 Å². The SMILES string of the molecule is C[Si](C)(C)CCOCn1ncc(NC(CO)CCCn2ccc3cc(-c4ncc(C(F)(F)F)cn4)c(F)c(F)c3c2=O)c(C(F)(F)F)c1=O. The molecule has 0 saturated carbocycles. The fourth-order valence-corrected chi connectivity index (χ4v) is 5.52. The second-order valence-corrected chi connectivity index (χ2v) is 18.0. The van der Waals surface area contributed by atoms with E-state index in [0.717, 1.165) is 22.9 Å². The number of halogens is 8. The van der Waals surface area contributed by atoms with Gasteiger partial charge in [-0.25, -0.2) is 23.4 Å². The Morgan fingerprint density at radius 2 is 1.65 bits per heavy atom. The van der Waals surface area contributed by atoms with E-state index in [4.69, 9.17) is 4.74 Å². The molecule has 49 heavy (non-hydrogen) atoms. The van der Waals surface area contributed by atoms with Gasteiger partial charge in [0.05, 0.1) is 35.0 Å². The minimum absolute atomic E-state index is 0.0256. The van der Waals surface area contributed by atoms with Gasteiger partial charge in [-0.3, -0.25) is 9.59 Å². The van der Waals surface area contributed by atoms with Crippen molar-refractivity contribution >= 4 is 24.5 Å². The summed E-state index contributed by atoms with van der Waals surface area (Å²) in [5.74, 6) is -3.67. The van der Waals surface area contributed by atoms with E-state index >= 15 is 4.39 Å². The van der Waals surface area contributed by atoms with E-state index in [1.807, 2.05) is 0 Å². The first-order valence-electron chi connectivity index (χ1n) is 14.8. The summed E-state index contributed by atoms with van der Waals surface area (Å²) in [5, 5.41) is 15.4. The molecule has 0 fully saturated rings. The van der Waals surface area contributed by atoms with E-state index in [2.05, 4.69) is 40.0 Å². The number of benzene rings is 1. The first-order valence-corrected chi connectivity index (χ1v) is 18.6. The Hall–Kier alpha value is -4.23. The Labute approximate surface area is 274 Å². The summed E-state index contributed by atoms with van der Waals surface area (Å²) in [6.45, 7) is 5.24. The summed E-state index contributed by atoms with van der Waals surface area (Å²) in [5.41, 5.74) is -6.35. The molecule has 1 atom stereocenters. The Morgan fingerprint density at radius 3 is 2.24 bits per heavy atom. The average Bonchev–Trinajstić information content (AvgIpc) is 3.00. The Kier molecular flexibility index (Phi) is 11.3. The quantitative estimate of drug-likeness (QED) is 0.0996.